The number of nitrogens with zero attached hydrogens (tertiary/aromatic N) is 5. The zero-order chi connectivity index (χ0) is 19.6. The molecule has 0 fully saturated rings. The van der Waals surface area contributed by atoms with E-state index in [9.17, 15) is 19.3 Å². The summed E-state index contributed by atoms with van der Waals surface area (Å²) in [5.41, 5.74) is 0.236. The molecule has 2 heterocycles. The number of carbonyl (C=O) groups is 1. The lowest BCUT2D eigenvalue weighted by Gasteiger charge is -2.06. The van der Waals surface area contributed by atoms with Crippen LogP contribution in [0.5, 0.6) is 0 Å². The first-order chi connectivity index (χ1) is 12.8. The summed E-state index contributed by atoms with van der Waals surface area (Å²) in [5, 5.41) is 21.2. The highest BCUT2D eigenvalue weighted by Gasteiger charge is 2.16. The summed E-state index contributed by atoms with van der Waals surface area (Å²) in [6, 6.07) is 5.49. The number of hydrogen-bond donors (Lipinski definition) is 1. The molecular formula is C15H11Cl2FN6O3. The van der Waals surface area contributed by atoms with Crippen molar-refractivity contribution in [1.82, 2.24) is 19.6 Å². The van der Waals surface area contributed by atoms with Crippen molar-refractivity contribution < 1.29 is 14.1 Å². The number of nitrogens with one attached hydrogen (secondary N) is 1. The van der Waals surface area contributed by atoms with E-state index >= 15 is 0 Å². The molecular weight excluding hydrogens is 402 g/mol. The van der Waals surface area contributed by atoms with Gasteiger partial charge in [-0.15, -0.1) is 0 Å². The van der Waals surface area contributed by atoms with Crippen molar-refractivity contribution in [2.45, 2.75) is 13.1 Å². The molecule has 0 radical (unpaired) electrons. The predicted octanol–water partition coefficient (Wildman–Crippen LogP) is 3.12. The second-order valence-electron chi connectivity index (χ2n) is 5.40. The first kappa shape index (κ1) is 18.8. The maximum absolute atomic E-state index is 13.9. The molecule has 3 aromatic rings. The van der Waals surface area contributed by atoms with Crippen LogP contribution in [-0.2, 0) is 17.9 Å². The highest BCUT2D eigenvalue weighted by Crippen LogP contribution is 2.23. The Labute approximate surface area is 161 Å². The Morgan fingerprint density at radius 2 is 2.00 bits per heavy atom. The number of benzene rings is 1. The molecule has 0 aliphatic carbocycles. The largest absolute Gasteiger partial charge is 0.389 e. The molecule has 0 unspecified atom stereocenters. The van der Waals surface area contributed by atoms with E-state index in [-0.39, 0.29) is 40.3 Å². The molecule has 12 heteroatoms. The van der Waals surface area contributed by atoms with Crippen LogP contribution in [0, 0.1) is 15.9 Å². The maximum atomic E-state index is 13.9. The van der Waals surface area contributed by atoms with Gasteiger partial charge in [0.1, 0.15) is 17.4 Å². The van der Waals surface area contributed by atoms with Crippen molar-refractivity contribution in [3.63, 3.8) is 0 Å². The van der Waals surface area contributed by atoms with Crippen LogP contribution < -0.4 is 5.32 Å². The van der Waals surface area contributed by atoms with Crippen LogP contribution in [0.25, 0.3) is 0 Å². The number of carbonyl (C=O) groups excluding carboxylic acids is 1. The maximum Gasteiger partial charge on any atom is 0.389 e. The average Bonchev–Trinajstić information content (AvgIpc) is 3.18. The predicted molar refractivity (Wildman–Crippen MR) is 95.3 cm³/mol. The normalized spacial score (nSPS) is 10.8. The number of aromatic nitrogens is 4. The average molecular weight is 413 g/mol. The molecule has 0 aliphatic heterocycles. The van der Waals surface area contributed by atoms with E-state index < -0.39 is 16.6 Å². The molecule has 0 atom stereocenters. The highest BCUT2D eigenvalue weighted by atomic mass is 35.5. The van der Waals surface area contributed by atoms with Crippen LogP contribution >= 0.6 is 23.2 Å². The van der Waals surface area contributed by atoms with Crippen molar-refractivity contribution in [1.29, 1.82) is 0 Å². The SMILES string of the molecule is O=C(Cn1ccc([N+](=O)[O-])n1)Nc1nn(Cc2c(F)cccc2Cl)cc1Cl. The van der Waals surface area contributed by atoms with Crippen LogP contribution in [0.1, 0.15) is 5.56 Å². The fraction of sp³-hybridized carbons (Fsp3) is 0.133. The molecule has 0 spiro atoms. The smallest absolute Gasteiger partial charge is 0.358 e. The molecule has 1 N–H and O–H groups in total. The van der Waals surface area contributed by atoms with Gasteiger partial charge in [0, 0.05) is 16.8 Å². The number of nitro groups is 1. The zero-order valence-corrected chi connectivity index (χ0v) is 15.0. The summed E-state index contributed by atoms with van der Waals surface area (Å²) in [5.74, 6) is -1.33. The first-order valence-corrected chi connectivity index (χ1v) is 8.22. The number of rotatable bonds is 6. The van der Waals surface area contributed by atoms with Gasteiger partial charge in [-0.05, 0) is 17.1 Å². The van der Waals surface area contributed by atoms with Crippen molar-refractivity contribution in [3.8, 4) is 0 Å². The minimum absolute atomic E-state index is 0.0203. The fourth-order valence-corrected chi connectivity index (χ4v) is 2.68. The molecule has 1 amide bonds. The van der Waals surface area contributed by atoms with E-state index in [2.05, 4.69) is 15.5 Å². The van der Waals surface area contributed by atoms with E-state index in [4.69, 9.17) is 23.2 Å². The van der Waals surface area contributed by atoms with Crippen LogP contribution in [-0.4, -0.2) is 30.4 Å². The summed E-state index contributed by atoms with van der Waals surface area (Å²) < 4.78 is 16.3. The molecule has 2 aromatic heterocycles. The van der Waals surface area contributed by atoms with Gasteiger partial charge < -0.3 is 15.4 Å². The molecule has 27 heavy (non-hydrogen) atoms. The molecule has 0 aliphatic rings. The lowest BCUT2D eigenvalue weighted by atomic mass is 10.2. The Morgan fingerprint density at radius 1 is 1.22 bits per heavy atom. The van der Waals surface area contributed by atoms with E-state index in [1.807, 2.05) is 0 Å². The number of amides is 1. The molecule has 140 valence electrons. The lowest BCUT2D eigenvalue weighted by Crippen LogP contribution is -2.19. The monoisotopic (exact) mass is 412 g/mol. The van der Waals surface area contributed by atoms with Gasteiger partial charge in [0.15, 0.2) is 5.82 Å². The van der Waals surface area contributed by atoms with Gasteiger partial charge in [0.25, 0.3) is 0 Å². The number of anilines is 1. The van der Waals surface area contributed by atoms with Gasteiger partial charge in [0.2, 0.25) is 5.91 Å². The van der Waals surface area contributed by atoms with E-state index in [0.717, 1.165) is 4.68 Å². The quantitative estimate of drug-likeness (QED) is 0.494. The minimum Gasteiger partial charge on any atom is -0.358 e. The van der Waals surface area contributed by atoms with Gasteiger partial charge in [-0.2, -0.15) is 9.78 Å². The second kappa shape index (κ2) is 7.72. The number of halogens is 3. The Hall–Kier alpha value is -2.98. The summed E-state index contributed by atoms with van der Waals surface area (Å²) in [6.07, 6.45) is 2.72. The number of hydrogen-bond acceptors (Lipinski definition) is 5. The van der Waals surface area contributed by atoms with Crippen molar-refractivity contribution >= 4 is 40.7 Å². The van der Waals surface area contributed by atoms with Gasteiger partial charge in [-0.25, -0.2) is 4.39 Å². The van der Waals surface area contributed by atoms with Crippen LogP contribution in [0.2, 0.25) is 10.0 Å². The minimum atomic E-state index is -0.666. The van der Waals surface area contributed by atoms with E-state index in [1.54, 1.807) is 6.07 Å². The molecule has 0 saturated heterocycles. The lowest BCUT2D eigenvalue weighted by molar-refractivity contribution is -0.389. The van der Waals surface area contributed by atoms with Crippen molar-refractivity contribution in [2.24, 2.45) is 0 Å². The molecule has 3 rings (SSSR count). The molecule has 9 nitrogen and oxygen atoms in total. The van der Waals surface area contributed by atoms with Crippen molar-refractivity contribution in [3.05, 3.63) is 68.2 Å². The zero-order valence-electron chi connectivity index (χ0n) is 13.5. The van der Waals surface area contributed by atoms with Crippen LogP contribution in [0.15, 0.2) is 36.7 Å². The highest BCUT2D eigenvalue weighted by molar-refractivity contribution is 6.33. The van der Waals surface area contributed by atoms with Gasteiger partial charge in [-0.3, -0.25) is 9.48 Å². The summed E-state index contributed by atoms with van der Waals surface area (Å²) in [6.45, 7) is -0.247. The van der Waals surface area contributed by atoms with Crippen LogP contribution in [0.3, 0.4) is 0 Å². The topological polar surface area (TPSA) is 108 Å². The third-order valence-electron chi connectivity index (χ3n) is 3.48. The van der Waals surface area contributed by atoms with Gasteiger partial charge >= 0.3 is 5.82 Å². The van der Waals surface area contributed by atoms with Crippen molar-refractivity contribution in [2.75, 3.05) is 5.32 Å². The van der Waals surface area contributed by atoms with E-state index in [1.165, 1.54) is 35.3 Å². The Morgan fingerprint density at radius 3 is 2.67 bits per heavy atom. The molecule has 1 aromatic carbocycles. The Kier molecular flexibility index (Phi) is 5.38. The Balaban J connectivity index is 1.69. The van der Waals surface area contributed by atoms with E-state index in [0.29, 0.717) is 0 Å². The summed E-state index contributed by atoms with van der Waals surface area (Å²) >= 11 is 12.0. The summed E-state index contributed by atoms with van der Waals surface area (Å²) in [7, 11) is 0. The third kappa shape index (κ3) is 4.41. The second-order valence-corrected chi connectivity index (χ2v) is 6.21. The molecule has 0 bridgehead atoms. The molecule has 0 saturated carbocycles. The Bertz CT molecular complexity index is 999. The van der Waals surface area contributed by atoms with Gasteiger partial charge in [0.05, 0.1) is 23.9 Å². The fourth-order valence-electron chi connectivity index (χ4n) is 2.26. The van der Waals surface area contributed by atoms with Crippen LogP contribution in [0.4, 0.5) is 16.0 Å². The third-order valence-corrected chi connectivity index (χ3v) is 4.11. The standard InChI is InChI=1S/C15H11Cl2FN6O3/c16-10-2-1-3-12(18)9(10)6-23-7-11(17)15(21-23)19-14(25)8-22-5-4-13(20-22)24(26)27/h1-5,7H,6,8H2,(H,19,21,25). The van der Waals surface area contributed by atoms with Gasteiger partial charge in [-0.1, -0.05) is 29.3 Å². The first-order valence-electron chi connectivity index (χ1n) is 7.47. The summed E-state index contributed by atoms with van der Waals surface area (Å²) in [4.78, 5) is 22.0.